The molecule has 0 fully saturated rings. The highest BCUT2D eigenvalue weighted by atomic mass is 35.5. The summed E-state index contributed by atoms with van der Waals surface area (Å²) in [4.78, 5) is 40.0. The first-order valence-electron chi connectivity index (χ1n) is 9.00. The molecule has 10 heteroatoms. The zero-order valence-corrected chi connectivity index (χ0v) is 18.2. The Balaban J connectivity index is 1.61. The van der Waals surface area contributed by atoms with Gasteiger partial charge >= 0.3 is 5.97 Å². The monoisotopic (exact) mass is 459 g/mol. The number of methoxy groups -OCH3 is 1. The molecule has 0 aliphatic rings. The van der Waals surface area contributed by atoms with E-state index in [0.29, 0.717) is 27.2 Å². The highest BCUT2D eigenvalue weighted by Crippen LogP contribution is 2.28. The van der Waals surface area contributed by atoms with Crippen LogP contribution in [0.5, 0.6) is 5.75 Å². The average Bonchev–Trinajstić information content (AvgIpc) is 3.22. The first kappa shape index (κ1) is 22.3. The molecular weight excluding hydrogens is 442 g/mol. The van der Waals surface area contributed by atoms with E-state index in [2.05, 4.69) is 15.6 Å². The van der Waals surface area contributed by atoms with Crippen molar-refractivity contribution in [3.8, 4) is 16.3 Å². The minimum atomic E-state index is -0.723. The number of aromatic nitrogens is 1. The maximum absolute atomic E-state index is 12.3. The number of anilines is 2. The lowest BCUT2D eigenvalue weighted by molar-refractivity contribution is -0.119. The number of esters is 1. The van der Waals surface area contributed by atoms with Gasteiger partial charge in [-0.05, 0) is 30.3 Å². The Labute approximate surface area is 187 Å². The van der Waals surface area contributed by atoms with Gasteiger partial charge in [0, 0.05) is 28.6 Å². The third kappa shape index (κ3) is 6.03. The molecule has 2 aromatic carbocycles. The molecule has 2 amide bonds. The highest BCUT2D eigenvalue weighted by Gasteiger charge is 2.16. The molecule has 0 saturated heterocycles. The third-order valence-electron chi connectivity index (χ3n) is 3.91. The van der Waals surface area contributed by atoms with Crippen LogP contribution < -0.4 is 15.4 Å². The Morgan fingerprint density at radius 3 is 2.65 bits per heavy atom. The summed E-state index contributed by atoms with van der Waals surface area (Å²) in [6.45, 7) is 0.856. The second-order valence-corrected chi connectivity index (χ2v) is 7.56. The third-order valence-corrected chi connectivity index (χ3v) is 5.04. The lowest BCUT2D eigenvalue weighted by Gasteiger charge is -2.12. The van der Waals surface area contributed by atoms with E-state index in [-0.39, 0.29) is 11.6 Å². The predicted molar refractivity (Wildman–Crippen MR) is 119 cm³/mol. The van der Waals surface area contributed by atoms with E-state index in [4.69, 9.17) is 21.1 Å². The minimum absolute atomic E-state index is 0.0954. The first-order valence-corrected chi connectivity index (χ1v) is 10.3. The van der Waals surface area contributed by atoms with Gasteiger partial charge in [-0.25, -0.2) is 9.78 Å². The molecule has 0 aliphatic carbocycles. The van der Waals surface area contributed by atoms with Gasteiger partial charge in [-0.3, -0.25) is 9.59 Å². The van der Waals surface area contributed by atoms with Crippen LogP contribution in [0.15, 0.2) is 47.8 Å². The maximum atomic E-state index is 12.3. The fourth-order valence-electron chi connectivity index (χ4n) is 2.60. The number of nitrogens with one attached hydrogen (secondary N) is 2. The maximum Gasteiger partial charge on any atom is 0.358 e. The van der Waals surface area contributed by atoms with Crippen molar-refractivity contribution in [1.82, 2.24) is 4.98 Å². The van der Waals surface area contributed by atoms with Gasteiger partial charge < -0.3 is 20.1 Å². The predicted octanol–water partition coefficient (Wildman–Crippen LogP) is 4.23. The van der Waals surface area contributed by atoms with Crippen LogP contribution in [0, 0.1) is 0 Å². The molecule has 8 nitrogen and oxygen atoms in total. The van der Waals surface area contributed by atoms with Crippen molar-refractivity contribution in [2.45, 2.75) is 6.92 Å². The Morgan fingerprint density at radius 1 is 1.13 bits per heavy atom. The number of hydrogen-bond acceptors (Lipinski definition) is 7. The summed E-state index contributed by atoms with van der Waals surface area (Å²) >= 11 is 7.25. The zero-order valence-electron chi connectivity index (χ0n) is 16.6. The number of thiazole rings is 1. The van der Waals surface area contributed by atoms with Crippen LogP contribution in [0.3, 0.4) is 0 Å². The molecule has 31 heavy (non-hydrogen) atoms. The van der Waals surface area contributed by atoms with Gasteiger partial charge in [0.15, 0.2) is 12.3 Å². The molecule has 0 radical (unpaired) electrons. The van der Waals surface area contributed by atoms with Crippen molar-refractivity contribution in [3.63, 3.8) is 0 Å². The Morgan fingerprint density at radius 2 is 1.94 bits per heavy atom. The fourth-order valence-corrected chi connectivity index (χ4v) is 3.58. The normalized spacial score (nSPS) is 10.3. The van der Waals surface area contributed by atoms with Crippen molar-refractivity contribution >= 4 is 52.1 Å². The number of hydrogen-bond donors (Lipinski definition) is 2. The van der Waals surface area contributed by atoms with Crippen LogP contribution in [-0.4, -0.2) is 36.5 Å². The van der Waals surface area contributed by atoms with Crippen molar-refractivity contribution < 1.29 is 23.9 Å². The fraction of sp³-hybridized carbons (Fsp3) is 0.143. The molecule has 0 unspecified atom stereocenters. The molecule has 0 bridgehead atoms. The Kier molecular flexibility index (Phi) is 7.22. The molecule has 3 rings (SSSR count). The number of carbonyl (C=O) groups excluding carboxylic acids is 3. The highest BCUT2D eigenvalue weighted by molar-refractivity contribution is 7.13. The second kappa shape index (κ2) is 10.1. The zero-order chi connectivity index (χ0) is 22.4. The Hall–Kier alpha value is -3.43. The number of ether oxygens (including phenoxy) is 2. The first-order chi connectivity index (χ1) is 14.9. The van der Waals surface area contributed by atoms with Crippen LogP contribution >= 0.6 is 22.9 Å². The molecule has 0 atom stereocenters. The van der Waals surface area contributed by atoms with Crippen LogP contribution in [0.4, 0.5) is 11.4 Å². The molecule has 1 aromatic heterocycles. The summed E-state index contributed by atoms with van der Waals surface area (Å²) < 4.78 is 10.3. The molecule has 160 valence electrons. The number of amides is 2. The summed E-state index contributed by atoms with van der Waals surface area (Å²) in [6.07, 6.45) is 0. The van der Waals surface area contributed by atoms with Crippen LogP contribution in [0.25, 0.3) is 10.6 Å². The smallest absolute Gasteiger partial charge is 0.358 e. The van der Waals surface area contributed by atoms with E-state index in [1.807, 2.05) is 6.07 Å². The van der Waals surface area contributed by atoms with Gasteiger partial charge in [-0.1, -0.05) is 23.7 Å². The molecule has 2 N–H and O–H groups in total. The number of halogens is 1. The van der Waals surface area contributed by atoms with Gasteiger partial charge in [-0.2, -0.15) is 0 Å². The van der Waals surface area contributed by atoms with Crippen molar-refractivity contribution in [2.24, 2.45) is 0 Å². The van der Waals surface area contributed by atoms with Gasteiger partial charge in [0.2, 0.25) is 5.91 Å². The molecule has 3 aromatic rings. The van der Waals surface area contributed by atoms with Gasteiger partial charge in [0.05, 0.1) is 12.8 Å². The molecule has 0 saturated carbocycles. The van der Waals surface area contributed by atoms with Crippen LogP contribution in [-0.2, 0) is 14.3 Å². The van der Waals surface area contributed by atoms with E-state index in [1.54, 1.807) is 35.7 Å². The summed E-state index contributed by atoms with van der Waals surface area (Å²) in [7, 11) is 1.45. The topological polar surface area (TPSA) is 107 Å². The second-order valence-electron chi connectivity index (χ2n) is 6.27. The summed E-state index contributed by atoms with van der Waals surface area (Å²) in [5.74, 6) is -1.16. The number of nitrogens with zero attached hydrogens (tertiary/aromatic N) is 1. The number of carbonyl (C=O) groups is 3. The molecule has 1 heterocycles. The van der Waals surface area contributed by atoms with E-state index in [0.717, 1.165) is 5.56 Å². The SMILES string of the molecule is COc1ccc(NC(C)=O)cc1NC(=O)COC(=O)c1csc(-c2cccc(Cl)c2)n1. The minimum Gasteiger partial charge on any atom is -0.495 e. The van der Waals surface area contributed by atoms with Gasteiger partial charge in [0.25, 0.3) is 5.91 Å². The van der Waals surface area contributed by atoms with Crippen LogP contribution in [0.2, 0.25) is 5.02 Å². The standard InChI is InChI=1S/C21H18ClN3O5S/c1-12(26)23-15-6-7-18(29-2)16(9-15)24-19(27)10-30-21(28)17-11-31-20(25-17)13-4-3-5-14(22)8-13/h3-9,11H,10H2,1-2H3,(H,23,26)(H,24,27). The molecule has 0 spiro atoms. The van der Waals surface area contributed by atoms with Crippen LogP contribution in [0.1, 0.15) is 17.4 Å². The number of rotatable bonds is 7. The largest absolute Gasteiger partial charge is 0.495 e. The lowest BCUT2D eigenvalue weighted by Crippen LogP contribution is -2.21. The molecular formula is C21H18ClN3O5S. The van der Waals surface area contributed by atoms with E-state index >= 15 is 0 Å². The van der Waals surface area contributed by atoms with E-state index in [9.17, 15) is 14.4 Å². The van der Waals surface area contributed by atoms with Crippen molar-refractivity contribution in [2.75, 3.05) is 24.4 Å². The summed E-state index contributed by atoms with van der Waals surface area (Å²) in [6, 6.07) is 11.9. The van der Waals surface area contributed by atoms with Gasteiger partial charge in [-0.15, -0.1) is 11.3 Å². The van der Waals surface area contributed by atoms with Crippen molar-refractivity contribution in [1.29, 1.82) is 0 Å². The number of benzene rings is 2. The van der Waals surface area contributed by atoms with E-state index < -0.39 is 18.5 Å². The lowest BCUT2D eigenvalue weighted by atomic mass is 10.2. The van der Waals surface area contributed by atoms with Gasteiger partial charge in [0.1, 0.15) is 10.8 Å². The van der Waals surface area contributed by atoms with Crippen molar-refractivity contribution in [3.05, 3.63) is 58.6 Å². The summed E-state index contributed by atoms with van der Waals surface area (Å²) in [5, 5.41) is 7.93. The summed E-state index contributed by atoms with van der Waals surface area (Å²) in [5.41, 5.74) is 1.68. The Bertz CT molecular complexity index is 1130. The molecule has 0 aliphatic heterocycles. The average molecular weight is 460 g/mol. The quantitative estimate of drug-likeness (QED) is 0.512. The van der Waals surface area contributed by atoms with E-state index in [1.165, 1.54) is 31.4 Å².